The van der Waals surface area contributed by atoms with E-state index in [2.05, 4.69) is 28.5 Å². The molecule has 1 aliphatic heterocycles. The molecule has 0 N–H and O–H groups in total. The second-order valence-corrected chi connectivity index (χ2v) is 6.60. The molecule has 1 amide bonds. The van der Waals surface area contributed by atoms with Crippen molar-refractivity contribution >= 4 is 17.2 Å². The molecule has 0 aliphatic carbocycles. The van der Waals surface area contributed by atoms with Crippen molar-refractivity contribution in [3.05, 3.63) is 40.6 Å². The first-order chi connectivity index (χ1) is 10.1. The lowest BCUT2D eigenvalue weighted by Crippen LogP contribution is -2.37. The van der Waals surface area contributed by atoms with E-state index in [9.17, 15) is 4.79 Å². The normalized spacial score (nSPS) is 18.6. The number of nitrogens with zero attached hydrogens (tertiary/aromatic N) is 4. The highest BCUT2D eigenvalue weighted by atomic mass is 32.1. The predicted molar refractivity (Wildman–Crippen MR) is 83.3 cm³/mol. The van der Waals surface area contributed by atoms with Crippen LogP contribution in [0.25, 0.3) is 0 Å². The molecule has 0 unspecified atom stereocenters. The highest BCUT2D eigenvalue weighted by Gasteiger charge is 2.26. The van der Waals surface area contributed by atoms with Gasteiger partial charge in [-0.25, -0.2) is 4.98 Å². The van der Waals surface area contributed by atoms with Gasteiger partial charge in [0.15, 0.2) is 0 Å². The van der Waals surface area contributed by atoms with Gasteiger partial charge in [-0.15, -0.1) is 0 Å². The lowest BCUT2D eigenvalue weighted by Gasteiger charge is -2.25. The van der Waals surface area contributed by atoms with Crippen molar-refractivity contribution < 1.29 is 4.79 Å². The summed E-state index contributed by atoms with van der Waals surface area (Å²) >= 11 is 1.56. The molecule has 3 rings (SSSR count). The average molecular weight is 304 g/mol. The molecule has 5 nitrogen and oxygen atoms in total. The van der Waals surface area contributed by atoms with Crippen LogP contribution in [0, 0.1) is 5.92 Å². The van der Waals surface area contributed by atoms with E-state index in [0.29, 0.717) is 12.5 Å². The Morgan fingerprint density at radius 2 is 2.33 bits per heavy atom. The molecular weight excluding hydrogens is 284 g/mol. The fraction of sp³-hybridized carbons (Fsp3) is 0.467. The number of imidazole rings is 1. The van der Waals surface area contributed by atoms with Gasteiger partial charge in [-0.3, -0.25) is 4.79 Å². The third-order valence-corrected chi connectivity index (χ3v) is 4.43. The Morgan fingerprint density at radius 3 is 3.05 bits per heavy atom. The second kappa shape index (κ2) is 5.99. The maximum atomic E-state index is 12.7. The minimum absolute atomic E-state index is 0.108. The minimum Gasteiger partial charge on any atom is -0.333 e. The van der Waals surface area contributed by atoms with Crippen LogP contribution in [-0.2, 0) is 13.1 Å². The smallest absolute Gasteiger partial charge is 0.255 e. The first-order valence-electron chi connectivity index (χ1n) is 7.09. The number of rotatable bonds is 3. The van der Waals surface area contributed by atoms with Crippen molar-refractivity contribution in [1.82, 2.24) is 19.4 Å². The van der Waals surface area contributed by atoms with Gasteiger partial charge in [0.05, 0.1) is 12.1 Å². The Kier molecular flexibility index (Phi) is 4.07. The zero-order valence-corrected chi connectivity index (χ0v) is 13.2. The first kappa shape index (κ1) is 14.3. The Morgan fingerprint density at radius 1 is 1.48 bits per heavy atom. The Balaban J connectivity index is 1.84. The lowest BCUT2D eigenvalue weighted by atomic mass is 10.1. The number of carbonyl (C=O) groups excluding carboxylic acids is 1. The third kappa shape index (κ3) is 3.16. The van der Waals surface area contributed by atoms with Crippen LogP contribution in [0.2, 0.25) is 0 Å². The molecule has 0 saturated heterocycles. The molecule has 0 radical (unpaired) electrons. The molecule has 21 heavy (non-hydrogen) atoms. The fourth-order valence-electron chi connectivity index (χ4n) is 2.90. The zero-order valence-electron chi connectivity index (χ0n) is 12.4. The number of aromatic nitrogens is 2. The fourth-order valence-corrected chi connectivity index (χ4v) is 3.53. The maximum Gasteiger partial charge on any atom is 0.255 e. The molecule has 0 fully saturated rings. The molecule has 1 atom stereocenters. The quantitative estimate of drug-likeness (QED) is 0.868. The Bertz CT molecular complexity index is 605. The lowest BCUT2D eigenvalue weighted by molar-refractivity contribution is 0.0711. The van der Waals surface area contributed by atoms with Gasteiger partial charge >= 0.3 is 0 Å². The predicted octanol–water partition coefficient (Wildman–Crippen LogP) is 1.78. The summed E-state index contributed by atoms with van der Waals surface area (Å²) in [4.78, 5) is 21.2. The third-order valence-electron chi connectivity index (χ3n) is 3.75. The van der Waals surface area contributed by atoms with Crippen molar-refractivity contribution in [2.75, 3.05) is 27.2 Å². The van der Waals surface area contributed by atoms with Gasteiger partial charge in [-0.2, -0.15) is 11.3 Å². The molecule has 1 aliphatic rings. The van der Waals surface area contributed by atoms with Gasteiger partial charge in [0.2, 0.25) is 0 Å². The van der Waals surface area contributed by atoms with E-state index < -0.39 is 0 Å². The van der Waals surface area contributed by atoms with Crippen LogP contribution in [0.15, 0.2) is 29.2 Å². The molecule has 6 heteroatoms. The summed E-state index contributed by atoms with van der Waals surface area (Å²) in [5.74, 6) is 1.49. The Labute approximate surface area is 128 Å². The van der Waals surface area contributed by atoms with E-state index in [0.717, 1.165) is 31.0 Å². The maximum absolute atomic E-state index is 12.7. The van der Waals surface area contributed by atoms with Gasteiger partial charge < -0.3 is 14.4 Å². The van der Waals surface area contributed by atoms with E-state index in [1.807, 2.05) is 34.1 Å². The van der Waals surface area contributed by atoms with Crippen LogP contribution in [0.3, 0.4) is 0 Å². The number of fused-ring (bicyclic) bond motifs is 1. The minimum atomic E-state index is 0.108. The topological polar surface area (TPSA) is 41.4 Å². The zero-order chi connectivity index (χ0) is 14.8. The number of thiophene rings is 1. The van der Waals surface area contributed by atoms with Gasteiger partial charge in [-0.1, -0.05) is 0 Å². The molecule has 2 aromatic rings. The first-order valence-corrected chi connectivity index (χ1v) is 8.04. The molecular formula is C15H20N4OS. The summed E-state index contributed by atoms with van der Waals surface area (Å²) in [5.41, 5.74) is 0.781. The van der Waals surface area contributed by atoms with Gasteiger partial charge in [0.1, 0.15) is 5.82 Å². The van der Waals surface area contributed by atoms with Crippen LogP contribution in [0.5, 0.6) is 0 Å². The number of amides is 1. The second-order valence-electron chi connectivity index (χ2n) is 5.82. The average Bonchev–Trinajstić information content (AvgIpc) is 3.06. The van der Waals surface area contributed by atoms with Gasteiger partial charge in [-0.05, 0) is 25.5 Å². The SMILES string of the molecule is CN(C)C[C@@H]1CN(C(=O)c2ccsc2)Cc2nccn2C1. The van der Waals surface area contributed by atoms with Crippen molar-refractivity contribution in [3.63, 3.8) is 0 Å². The van der Waals surface area contributed by atoms with Crippen molar-refractivity contribution in [1.29, 1.82) is 0 Å². The van der Waals surface area contributed by atoms with Crippen LogP contribution >= 0.6 is 11.3 Å². The van der Waals surface area contributed by atoms with Gasteiger partial charge in [0, 0.05) is 43.3 Å². The summed E-state index contributed by atoms with van der Waals surface area (Å²) in [6.45, 7) is 3.24. The van der Waals surface area contributed by atoms with Crippen molar-refractivity contribution in [2.24, 2.45) is 5.92 Å². The molecule has 0 spiro atoms. The van der Waals surface area contributed by atoms with E-state index in [-0.39, 0.29) is 5.91 Å². The van der Waals surface area contributed by atoms with E-state index in [1.54, 1.807) is 11.3 Å². The van der Waals surface area contributed by atoms with Crippen molar-refractivity contribution in [2.45, 2.75) is 13.1 Å². The number of carbonyl (C=O) groups is 1. The number of hydrogen-bond donors (Lipinski definition) is 0. The molecule has 0 saturated carbocycles. The summed E-state index contributed by atoms with van der Waals surface area (Å²) in [5, 5.41) is 3.87. The standard InChI is InChI=1S/C15H20N4OS/c1-17(2)7-12-8-18-5-4-16-14(18)10-19(9-12)15(20)13-3-6-21-11-13/h3-6,11-12H,7-10H2,1-2H3/t12-/m0/s1. The van der Waals surface area contributed by atoms with Crippen molar-refractivity contribution in [3.8, 4) is 0 Å². The molecule has 0 bridgehead atoms. The molecule has 2 aromatic heterocycles. The number of hydrogen-bond acceptors (Lipinski definition) is 4. The highest BCUT2D eigenvalue weighted by molar-refractivity contribution is 7.08. The summed E-state index contributed by atoms with van der Waals surface area (Å²) < 4.78 is 2.18. The molecule has 112 valence electrons. The largest absolute Gasteiger partial charge is 0.333 e. The Hall–Kier alpha value is -1.66. The van der Waals surface area contributed by atoms with Gasteiger partial charge in [0.25, 0.3) is 5.91 Å². The van der Waals surface area contributed by atoms with Crippen LogP contribution < -0.4 is 0 Å². The van der Waals surface area contributed by atoms with E-state index in [1.165, 1.54) is 0 Å². The monoisotopic (exact) mass is 304 g/mol. The van der Waals surface area contributed by atoms with E-state index >= 15 is 0 Å². The molecule has 3 heterocycles. The molecule has 0 aromatic carbocycles. The van der Waals surface area contributed by atoms with Crippen LogP contribution in [0.4, 0.5) is 0 Å². The highest BCUT2D eigenvalue weighted by Crippen LogP contribution is 2.19. The van der Waals surface area contributed by atoms with Crippen LogP contribution in [-0.4, -0.2) is 52.4 Å². The summed E-state index contributed by atoms with van der Waals surface area (Å²) in [6.07, 6.45) is 3.83. The summed E-state index contributed by atoms with van der Waals surface area (Å²) in [7, 11) is 4.15. The van der Waals surface area contributed by atoms with Crippen LogP contribution in [0.1, 0.15) is 16.2 Å². The van der Waals surface area contributed by atoms with E-state index in [4.69, 9.17) is 0 Å². The summed E-state index contributed by atoms with van der Waals surface area (Å²) in [6, 6.07) is 1.89.